The molecule has 6 heteroatoms. The molecule has 2 fully saturated rings. The number of piperidine rings is 1. The molecule has 2 aliphatic rings. The molecule has 2 rings (SSSR count). The first-order valence-electron chi connectivity index (χ1n) is 6.21. The zero-order chi connectivity index (χ0) is 12.3. The topological polar surface area (TPSA) is 61.6 Å². The molecule has 1 atom stereocenters. The second kappa shape index (κ2) is 5.64. The Hall–Kier alpha value is -0.880. The maximum absolute atomic E-state index is 11.4. The number of hydrogen-bond acceptors (Lipinski definition) is 3. The fraction of sp³-hybridized carbons (Fsp3) is 0.818. The number of carbonyl (C=O) groups is 1. The molecule has 0 aromatic carbocycles. The minimum atomic E-state index is 0.0629. The van der Waals surface area contributed by atoms with Crippen molar-refractivity contribution >= 4 is 23.2 Å². The molecular weight excluding hydrogens is 236 g/mol. The van der Waals surface area contributed by atoms with Crippen LogP contribution in [0.15, 0.2) is 0 Å². The van der Waals surface area contributed by atoms with Gasteiger partial charge in [-0.05, 0) is 19.4 Å². The van der Waals surface area contributed by atoms with Gasteiger partial charge in [0.25, 0.3) is 0 Å². The van der Waals surface area contributed by atoms with Gasteiger partial charge in [-0.1, -0.05) is 12.2 Å². The quantitative estimate of drug-likeness (QED) is 0.696. The fourth-order valence-electron chi connectivity index (χ4n) is 2.48. The minimum Gasteiger partial charge on any atom is -0.393 e. The molecule has 5 nitrogen and oxygen atoms in total. The Kier molecular flexibility index (Phi) is 4.17. The number of thiocarbonyl (C=S) groups is 1. The zero-order valence-corrected chi connectivity index (χ0v) is 10.8. The van der Waals surface area contributed by atoms with Gasteiger partial charge in [-0.15, -0.1) is 0 Å². The number of carbonyl (C=O) groups excluding carboxylic acids is 1. The van der Waals surface area contributed by atoms with Crippen LogP contribution in [0.4, 0.5) is 4.79 Å². The molecule has 3 N–H and O–H groups in total. The molecule has 1 unspecified atom stereocenters. The summed E-state index contributed by atoms with van der Waals surface area (Å²) in [5, 5.41) is 2.81. The summed E-state index contributed by atoms with van der Waals surface area (Å²) in [4.78, 5) is 16.2. The lowest BCUT2D eigenvalue weighted by Crippen LogP contribution is -2.44. The molecule has 0 aromatic heterocycles. The summed E-state index contributed by atoms with van der Waals surface area (Å²) >= 11 is 5.06. The summed E-state index contributed by atoms with van der Waals surface area (Å²) in [6.45, 7) is 5.36. The fourth-order valence-corrected chi connectivity index (χ4v) is 2.67. The monoisotopic (exact) mass is 256 g/mol. The number of hydrogen-bond donors (Lipinski definition) is 2. The third-order valence-electron chi connectivity index (χ3n) is 3.54. The van der Waals surface area contributed by atoms with Crippen molar-refractivity contribution in [1.29, 1.82) is 0 Å². The van der Waals surface area contributed by atoms with Gasteiger partial charge in [-0.3, -0.25) is 0 Å². The van der Waals surface area contributed by atoms with Crippen molar-refractivity contribution in [1.82, 2.24) is 15.1 Å². The first-order valence-corrected chi connectivity index (χ1v) is 6.62. The van der Waals surface area contributed by atoms with Gasteiger partial charge in [0.15, 0.2) is 0 Å². The second-order valence-electron chi connectivity index (χ2n) is 4.76. The predicted molar refractivity (Wildman–Crippen MR) is 70.9 cm³/mol. The zero-order valence-electron chi connectivity index (χ0n) is 10.0. The lowest BCUT2D eigenvalue weighted by atomic mass is 9.98. The number of nitrogens with zero attached hydrogens (tertiary/aromatic N) is 2. The van der Waals surface area contributed by atoms with Gasteiger partial charge in [-0.25, -0.2) is 4.79 Å². The van der Waals surface area contributed by atoms with Crippen molar-refractivity contribution in [3.63, 3.8) is 0 Å². The first-order chi connectivity index (χ1) is 8.16. The Bertz CT molecular complexity index is 310. The van der Waals surface area contributed by atoms with Crippen LogP contribution in [0.5, 0.6) is 0 Å². The molecule has 2 amide bonds. The van der Waals surface area contributed by atoms with E-state index in [1.165, 1.54) is 0 Å². The van der Waals surface area contributed by atoms with Crippen molar-refractivity contribution in [2.24, 2.45) is 11.7 Å². The predicted octanol–water partition coefficient (Wildman–Crippen LogP) is 0.00970. The van der Waals surface area contributed by atoms with E-state index < -0.39 is 0 Å². The molecule has 2 saturated heterocycles. The standard InChI is InChI=1S/C11H20N4OS/c12-10(17)9-2-1-4-14(8-9)6-7-15-5-3-13-11(15)16/h9H,1-8H2,(H2,12,17)(H,13,16). The molecule has 2 heterocycles. The highest BCUT2D eigenvalue weighted by atomic mass is 32.1. The Morgan fingerprint density at radius 3 is 2.94 bits per heavy atom. The van der Waals surface area contributed by atoms with Crippen molar-refractivity contribution < 1.29 is 4.79 Å². The summed E-state index contributed by atoms with van der Waals surface area (Å²) in [5.74, 6) is 0.353. The van der Waals surface area contributed by atoms with Gasteiger partial charge in [0.2, 0.25) is 0 Å². The molecular formula is C11H20N4OS. The lowest BCUT2D eigenvalue weighted by Gasteiger charge is -2.33. The van der Waals surface area contributed by atoms with E-state index in [0.29, 0.717) is 10.9 Å². The van der Waals surface area contributed by atoms with E-state index in [1.807, 2.05) is 4.90 Å². The van der Waals surface area contributed by atoms with E-state index in [-0.39, 0.29) is 6.03 Å². The molecule has 0 aliphatic carbocycles. The largest absolute Gasteiger partial charge is 0.393 e. The van der Waals surface area contributed by atoms with E-state index in [4.69, 9.17) is 18.0 Å². The van der Waals surface area contributed by atoms with Crippen LogP contribution in [-0.2, 0) is 0 Å². The van der Waals surface area contributed by atoms with Crippen LogP contribution in [0.25, 0.3) is 0 Å². The third kappa shape index (κ3) is 3.29. The lowest BCUT2D eigenvalue weighted by molar-refractivity contribution is 0.176. The third-order valence-corrected chi connectivity index (χ3v) is 3.87. The molecule has 17 heavy (non-hydrogen) atoms. The molecule has 96 valence electrons. The van der Waals surface area contributed by atoms with Crippen LogP contribution in [0, 0.1) is 5.92 Å². The summed E-state index contributed by atoms with van der Waals surface area (Å²) in [7, 11) is 0. The Balaban J connectivity index is 1.75. The molecule has 0 saturated carbocycles. The number of rotatable bonds is 4. The van der Waals surface area contributed by atoms with E-state index >= 15 is 0 Å². The van der Waals surface area contributed by atoms with Gasteiger partial charge in [-0.2, -0.15) is 0 Å². The summed E-state index contributed by atoms with van der Waals surface area (Å²) in [6, 6.07) is 0.0629. The maximum atomic E-state index is 11.4. The van der Waals surface area contributed by atoms with Gasteiger partial charge in [0.05, 0.1) is 4.99 Å². The average molecular weight is 256 g/mol. The molecule has 2 aliphatic heterocycles. The van der Waals surface area contributed by atoms with Crippen molar-refractivity contribution in [3.8, 4) is 0 Å². The highest BCUT2D eigenvalue weighted by Gasteiger charge is 2.24. The number of nitrogens with two attached hydrogens (primary N) is 1. The Morgan fingerprint density at radius 2 is 2.29 bits per heavy atom. The second-order valence-corrected chi connectivity index (χ2v) is 5.23. The number of nitrogens with one attached hydrogen (secondary N) is 1. The van der Waals surface area contributed by atoms with Crippen molar-refractivity contribution in [2.75, 3.05) is 39.3 Å². The smallest absolute Gasteiger partial charge is 0.317 e. The normalized spacial score (nSPS) is 26.0. The van der Waals surface area contributed by atoms with Gasteiger partial charge in [0, 0.05) is 38.6 Å². The van der Waals surface area contributed by atoms with E-state index in [2.05, 4.69) is 10.2 Å². The molecule has 0 aromatic rings. The first kappa shape index (κ1) is 12.6. The van der Waals surface area contributed by atoms with E-state index in [9.17, 15) is 4.79 Å². The van der Waals surface area contributed by atoms with E-state index in [1.54, 1.807) is 0 Å². The number of amides is 2. The van der Waals surface area contributed by atoms with Crippen molar-refractivity contribution in [2.45, 2.75) is 12.8 Å². The van der Waals surface area contributed by atoms with Crippen LogP contribution >= 0.6 is 12.2 Å². The summed E-state index contributed by atoms with van der Waals surface area (Å²) < 4.78 is 0. The Labute approximate surface area is 107 Å². The van der Waals surface area contributed by atoms with Gasteiger partial charge >= 0.3 is 6.03 Å². The summed E-state index contributed by atoms with van der Waals surface area (Å²) in [6.07, 6.45) is 2.25. The molecule has 0 bridgehead atoms. The van der Waals surface area contributed by atoms with Crippen LogP contribution in [0.3, 0.4) is 0 Å². The summed E-state index contributed by atoms with van der Waals surface area (Å²) in [5.41, 5.74) is 5.70. The van der Waals surface area contributed by atoms with Gasteiger partial charge in [0.1, 0.15) is 0 Å². The highest BCUT2D eigenvalue weighted by molar-refractivity contribution is 7.80. The van der Waals surface area contributed by atoms with Crippen LogP contribution < -0.4 is 11.1 Å². The minimum absolute atomic E-state index is 0.0629. The van der Waals surface area contributed by atoms with Crippen LogP contribution in [0.2, 0.25) is 0 Å². The number of likely N-dealkylation sites (tertiary alicyclic amines) is 1. The SMILES string of the molecule is NC(=S)C1CCCN(CCN2CCNC2=O)C1. The van der Waals surface area contributed by atoms with E-state index in [0.717, 1.165) is 52.1 Å². The average Bonchev–Trinajstić information content (AvgIpc) is 2.72. The van der Waals surface area contributed by atoms with Crippen molar-refractivity contribution in [3.05, 3.63) is 0 Å². The van der Waals surface area contributed by atoms with Gasteiger partial charge < -0.3 is 20.9 Å². The maximum Gasteiger partial charge on any atom is 0.317 e. The highest BCUT2D eigenvalue weighted by Crippen LogP contribution is 2.16. The molecule has 0 spiro atoms. The van der Waals surface area contributed by atoms with Crippen LogP contribution in [-0.4, -0.2) is 60.1 Å². The number of urea groups is 1. The molecule has 0 radical (unpaired) electrons. The Morgan fingerprint density at radius 1 is 1.47 bits per heavy atom. The van der Waals surface area contributed by atoms with Crippen LogP contribution in [0.1, 0.15) is 12.8 Å².